The summed E-state index contributed by atoms with van der Waals surface area (Å²) in [7, 11) is -1.86. The van der Waals surface area contributed by atoms with Crippen molar-refractivity contribution in [3.8, 4) is 0 Å². The van der Waals surface area contributed by atoms with Gasteiger partial charge in [0.2, 0.25) is 0 Å². The highest BCUT2D eigenvalue weighted by molar-refractivity contribution is 7.45. The molecule has 8 heteroatoms. The van der Waals surface area contributed by atoms with Crippen LogP contribution >= 0.6 is 17.1 Å². The van der Waals surface area contributed by atoms with E-state index in [2.05, 4.69) is 37.0 Å². The van der Waals surface area contributed by atoms with Crippen LogP contribution in [0.1, 0.15) is 79.1 Å². The largest absolute Gasteiger partial charge is 0.321 e. The van der Waals surface area contributed by atoms with Gasteiger partial charge in [-0.05, 0) is 25.7 Å². The van der Waals surface area contributed by atoms with Crippen LogP contribution < -0.4 is 0 Å². The Morgan fingerprint density at radius 1 is 0.552 bits per heavy atom. The molecule has 2 heterocycles. The molecule has 0 saturated carbocycles. The quantitative estimate of drug-likeness (QED) is 0.288. The normalized spacial score (nSPS) is 27.9. The van der Waals surface area contributed by atoms with E-state index in [1.165, 1.54) is 51.4 Å². The molecule has 29 heavy (non-hydrogen) atoms. The molecule has 0 atom stereocenters. The molecule has 0 aliphatic carbocycles. The molecular formula is C21H44N2O4P2. The SMILES string of the molecule is CCCCN(CCCC)P1OCC2(CO1)COP(N(CCCC)CCCC)OC2. The smallest absolute Gasteiger partial charge is 0.258 e. The summed E-state index contributed by atoms with van der Waals surface area (Å²) in [4.78, 5) is 0. The minimum Gasteiger partial charge on any atom is -0.321 e. The van der Waals surface area contributed by atoms with Crippen LogP contribution in [-0.4, -0.2) is 61.9 Å². The maximum atomic E-state index is 6.26. The van der Waals surface area contributed by atoms with Crippen LogP contribution in [0.4, 0.5) is 0 Å². The fraction of sp³-hybridized carbons (Fsp3) is 1.00. The van der Waals surface area contributed by atoms with Gasteiger partial charge in [-0.15, -0.1) is 0 Å². The first-order valence-electron chi connectivity index (χ1n) is 11.8. The first-order valence-corrected chi connectivity index (χ1v) is 14.1. The molecule has 172 valence electrons. The van der Waals surface area contributed by atoms with Crippen molar-refractivity contribution in [3.63, 3.8) is 0 Å². The Morgan fingerprint density at radius 3 is 1.07 bits per heavy atom. The topological polar surface area (TPSA) is 43.4 Å². The Morgan fingerprint density at radius 2 is 0.828 bits per heavy atom. The van der Waals surface area contributed by atoms with E-state index >= 15 is 0 Å². The van der Waals surface area contributed by atoms with E-state index in [-0.39, 0.29) is 5.41 Å². The molecule has 0 aromatic heterocycles. The second-order valence-corrected chi connectivity index (χ2v) is 11.5. The highest BCUT2D eigenvalue weighted by Gasteiger charge is 2.45. The molecule has 1 spiro atoms. The zero-order valence-corrected chi connectivity index (χ0v) is 21.0. The second-order valence-electron chi connectivity index (χ2n) is 8.39. The highest BCUT2D eigenvalue weighted by atomic mass is 31.2. The Kier molecular flexibility index (Phi) is 13.1. The zero-order chi connectivity index (χ0) is 21.0. The Bertz CT molecular complexity index is 360. The van der Waals surface area contributed by atoms with E-state index < -0.39 is 17.1 Å². The summed E-state index contributed by atoms with van der Waals surface area (Å²) in [6.45, 7) is 15.9. The van der Waals surface area contributed by atoms with Crippen LogP contribution in [0.25, 0.3) is 0 Å². The van der Waals surface area contributed by atoms with Crippen molar-refractivity contribution >= 4 is 17.1 Å². The summed E-state index contributed by atoms with van der Waals surface area (Å²) >= 11 is 0. The summed E-state index contributed by atoms with van der Waals surface area (Å²) in [5, 5.41) is 0. The second kappa shape index (κ2) is 14.6. The van der Waals surface area contributed by atoms with Gasteiger partial charge in [0.15, 0.2) is 0 Å². The van der Waals surface area contributed by atoms with Gasteiger partial charge in [-0.2, -0.15) is 0 Å². The Balaban J connectivity index is 1.82. The molecule has 0 N–H and O–H groups in total. The molecule has 0 aromatic rings. The summed E-state index contributed by atoms with van der Waals surface area (Å²) in [5.74, 6) is 0. The lowest BCUT2D eigenvalue weighted by molar-refractivity contribution is -0.0651. The lowest BCUT2D eigenvalue weighted by Crippen LogP contribution is -2.47. The molecule has 0 amide bonds. The van der Waals surface area contributed by atoms with Gasteiger partial charge < -0.3 is 18.1 Å². The summed E-state index contributed by atoms with van der Waals surface area (Å²) in [6, 6.07) is 0. The minimum atomic E-state index is -0.932. The molecule has 0 unspecified atom stereocenters. The van der Waals surface area contributed by atoms with Crippen molar-refractivity contribution < 1.29 is 18.1 Å². The average molecular weight is 451 g/mol. The molecule has 0 radical (unpaired) electrons. The van der Waals surface area contributed by atoms with Crippen LogP contribution in [0.15, 0.2) is 0 Å². The van der Waals surface area contributed by atoms with Gasteiger partial charge in [0.25, 0.3) is 17.1 Å². The number of hydrogen-bond acceptors (Lipinski definition) is 6. The Hall–Kier alpha value is 0.620. The van der Waals surface area contributed by atoms with Crippen LogP contribution in [-0.2, 0) is 18.1 Å². The molecule has 2 aliphatic heterocycles. The third-order valence-corrected chi connectivity index (χ3v) is 8.59. The average Bonchev–Trinajstić information content (AvgIpc) is 2.76. The van der Waals surface area contributed by atoms with Gasteiger partial charge in [0.05, 0.1) is 31.8 Å². The fourth-order valence-electron chi connectivity index (χ4n) is 3.33. The van der Waals surface area contributed by atoms with Crippen molar-refractivity contribution in [1.82, 2.24) is 9.34 Å². The van der Waals surface area contributed by atoms with E-state index in [9.17, 15) is 0 Å². The Labute approximate surface area is 181 Å². The van der Waals surface area contributed by atoms with E-state index in [0.29, 0.717) is 26.4 Å². The number of hydrogen-bond donors (Lipinski definition) is 0. The van der Waals surface area contributed by atoms with Crippen molar-refractivity contribution in [2.24, 2.45) is 5.41 Å². The fourth-order valence-corrected chi connectivity index (χ4v) is 6.89. The first kappa shape index (κ1) is 25.9. The van der Waals surface area contributed by atoms with Crippen molar-refractivity contribution in [1.29, 1.82) is 0 Å². The zero-order valence-electron chi connectivity index (χ0n) is 19.2. The summed E-state index contributed by atoms with van der Waals surface area (Å²) < 4.78 is 29.9. The third-order valence-electron chi connectivity index (χ3n) is 5.47. The van der Waals surface area contributed by atoms with Gasteiger partial charge in [0, 0.05) is 26.2 Å². The lowest BCUT2D eigenvalue weighted by Gasteiger charge is -2.45. The standard InChI is InChI=1S/C21H44N2O4P2/c1-5-9-13-22(14-10-6-2)28-24-17-21(18-25-28)19-26-29(27-20-21)23(15-11-7-3)16-12-8-4/h5-20H2,1-4H3. The number of rotatable bonds is 14. The molecule has 2 aliphatic rings. The van der Waals surface area contributed by atoms with E-state index in [1.807, 2.05) is 0 Å². The van der Waals surface area contributed by atoms with Gasteiger partial charge in [-0.1, -0.05) is 53.4 Å². The van der Waals surface area contributed by atoms with E-state index in [4.69, 9.17) is 18.1 Å². The van der Waals surface area contributed by atoms with Crippen molar-refractivity contribution in [2.45, 2.75) is 79.1 Å². The molecule has 2 rings (SSSR count). The summed E-state index contributed by atoms with van der Waals surface area (Å²) in [6.07, 6.45) is 9.59. The van der Waals surface area contributed by atoms with Crippen molar-refractivity contribution in [3.05, 3.63) is 0 Å². The van der Waals surface area contributed by atoms with Gasteiger partial charge in [-0.3, -0.25) is 0 Å². The van der Waals surface area contributed by atoms with E-state index in [0.717, 1.165) is 26.2 Å². The van der Waals surface area contributed by atoms with Gasteiger partial charge in [-0.25, -0.2) is 9.34 Å². The van der Waals surface area contributed by atoms with Crippen LogP contribution in [0.3, 0.4) is 0 Å². The third kappa shape index (κ3) is 8.58. The maximum Gasteiger partial charge on any atom is 0.258 e. The van der Waals surface area contributed by atoms with Crippen LogP contribution in [0.2, 0.25) is 0 Å². The molecule has 2 fully saturated rings. The molecule has 0 bridgehead atoms. The molecular weight excluding hydrogens is 406 g/mol. The number of nitrogens with zero attached hydrogens (tertiary/aromatic N) is 2. The summed E-state index contributed by atoms with van der Waals surface area (Å²) in [5.41, 5.74) is -0.139. The predicted molar refractivity (Wildman–Crippen MR) is 123 cm³/mol. The van der Waals surface area contributed by atoms with E-state index in [1.54, 1.807) is 0 Å². The highest BCUT2D eigenvalue weighted by Crippen LogP contribution is 2.54. The van der Waals surface area contributed by atoms with Crippen molar-refractivity contribution in [2.75, 3.05) is 52.6 Å². The molecule has 0 aromatic carbocycles. The van der Waals surface area contributed by atoms with Gasteiger partial charge in [0.1, 0.15) is 0 Å². The maximum absolute atomic E-state index is 6.26. The first-order chi connectivity index (χ1) is 14.2. The molecule has 6 nitrogen and oxygen atoms in total. The number of unbranched alkanes of at least 4 members (excludes halogenated alkanes) is 4. The lowest BCUT2D eigenvalue weighted by atomic mass is 9.93. The molecule has 2 saturated heterocycles. The van der Waals surface area contributed by atoms with Crippen LogP contribution in [0, 0.1) is 5.41 Å². The van der Waals surface area contributed by atoms with Gasteiger partial charge >= 0.3 is 0 Å². The van der Waals surface area contributed by atoms with Crippen LogP contribution in [0.5, 0.6) is 0 Å². The predicted octanol–water partition coefficient (Wildman–Crippen LogP) is 6.32. The minimum absolute atomic E-state index is 0.139. The monoisotopic (exact) mass is 450 g/mol.